The maximum atomic E-state index is 17.1. The zero-order chi connectivity index (χ0) is 47.3. The van der Waals surface area contributed by atoms with Crippen molar-refractivity contribution in [3.8, 4) is 0 Å². The van der Waals surface area contributed by atoms with E-state index in [2.05, 4.69) is 24.3 Å². The van der Waals surface area contributed by atoms with Gasteiger partial charge in [-0.2, -0.15) is 52.7 Å². The fraction of sp³-hybridized carbons (Fsp3) is 0.754. The number of alkyl halides is 12. The fourth-order valence-corrected chi connectivity index (χ4v) is 31.2. The van der Waals surface area contributed by atoms with Crippen LogP contribution < -0.4 is 0 Å². The molecule has 0 saturated heterocycles. The first kappa shape index (κ1) is 40.1. The number of hydrogen-bond acceptors (Lipinski definition) is 2. The van der Waals surface area contributed by atoms with Gasteiger partial charge >= 0.3 is 35.5 Å². The number of thiophene rings is 2. The van der Waals surface area contributed by atoms with Crippen LogP contribution in [0, 0.1) is 178 Å². The maximum Gasteiger partial charge on any atom is 0.376 e. The molecule has 372 valence electrons. The Bertz CT molecular complexity index is 3100. The van der Waals surface area contributed by atoms with Crippen molar-refractivity contribution in [1.29, 1.82) is 0 Å². The van der Waals surface area contributed by atoms with Crippen LogP contribution in [0.15, 0.2) is 46.2 Å². The van der Waals surface area contributed by atoms with Gasteiger partial charge in [-0.15, -0.1) is 22.7 Å². The molecule has 0 amide bonds. The van der Waals surface area contributed by atoms with Gasteiger partial charge in [-0.3, -0.25) is 0 Å². The highest BCUT2D eigenvalue weighted by Crippen LogP contribution is 2.95. The largest absolute Gasteiger partial charge is 0.376 e. The second-order valence-corrected chi connectivity index (χ2v) is 29.8. The van der Waals surface area contributed by atoms with Crippen molar-refractivity contribution in [2.75, 3.05) is 0 Å². The molecule has 0 N–H and O–H groups in total. The highest BCUT2D eigenvalue weighted by molar-refractivity contribution is 7.12. The van der Waals surface area contributed by atoms with E-state index in [1.165, 1.54) is 12.8 Å². The van der Waals surface area contributed by atoms with E-state index >= 15 is 52.7 Å². The van der Waals surface area contributed by atoms with E-state index in [1.807, 2.05) is 5.57 Å². The fourth-order valence-electron chi connectivity index (χ4n) is 28.3. The molecule has 0 aliphatic heterocycles. The van der Waals surface area contributed by atoms with Gasteiger partial charge in [0.2, 0.25) is 0 Å². The first-order chi connectivity index (χ1) is 33.8. The molecule has 13 saturated carbocycles. The molecule has 21 rings (SSSR count). The molecule has 0 spiro atoms. The summed E-state index contributed by atoms with van der Waals surface area (Å²) >= 11 is 1.33. The summed E-state index contributed by atoms with van der Waals surface area (Å²) in [5.41, 5.74) is -1.91. The lowest BCUT2D eigenvalue weighted by Gasteiger charge is -2.61. The van der Waals surface area contributed by atoms with Crippen LogP contribution in [-0.4, -0.2) is 23.7 Å². The molecule has 0 aromatic carbocycles. The van der Waals surface area contributed by atoms with Crippen LogP contribution in [0.25, 0.3) is 0 Å². The second-order valence-electron chi connectivity index (χ2n) is 28.0. The van der Waals surface area contributed by atoms with Gasteiger partial charge in [-0.25, -0.2) is 0 Å². The molecule has 31 unspecified atom stereocenters. The van der Waals surface area contributed by atoms with Crippen molar-refractivity contribution in [3.05, 3.63) is 78.2 Å². The Kier molecular flexibility index (Phi) is 6.06. The molecule has 2 heterocycles. The maximum absolute atomic E-state index is 17.1. The minimum atomic E-state index is -5.81. The molecular formula is C57H48F12S2. The monoisotopic (exact) mass is 1020 g/mol. The molecule has 31 atom stereocenters. The quantitative estimate of drug-likeness (QED) is 0.208. The Morgan fingerprint density at radius 2 is 0.873 bits per heavy atom. The van der Waals surface area contributed by atoms with Crippen LogP contribution in [0.3, 0.4) is 0 Å². The summed E-state index contributed by atoms with van der Waals surface area (Å²) in [6, 6.07) is 0. The predicted molar refractivity (Wildman–Crippen MR) is 233 cm³/mol. The first-order valence-electron chi connectivity index (χ1n) is 27.4. The van der Waals surface area contributed by atoms with Gasteiger partial charge in [0.15, 0.2) is 0 Å². The van der Waals surface area contributed by atoms with Crippen LogP contribution in [0.1, 0.15) is 57.7 Å². The Morgan fingerprint density at radius 1 is 0.394 bits per heavy atom. The van der Waals surface area contributed by atoms with Crippen LogP contribution in [0.2, 0.25) is 0 Å². The summed E-state index contributed by atoms with van der Waals surface area (Å²) in [6.07, 6.45) is 11.3. The van der Waals surface area contributed by atoms with Gasteiger partial charge in [0.25, 0.3) is 0 Å². The number of hydrogen-bond donors (Lipinski definition) is 0. The molecular weight excluding hydrogens is 977 g/mol. The van der Waals surface area contributed by atoms with Gasteiger partial charge in [0, 0.05) is 44.5 Å². The predicted octanol–water partition coefficient (Wildman–Crippen LogP) is 13.6. The Hall–Kier alpha value is -2.22. The molecule has 71 heavy (non-hydrogen) atoms. The lowest BCUT2D eigenvalue weighted by molar-refractivity contribution is -0.322. The van der Waals surface area contributed by atoms with Gasteiger partial charge < -0.3 is 0 Å². The topological polar surface area (TPSA) is 0 Å². The summed E-state index contributed by atoms with van der Waals surface area (Å²) in [5.74, 6) is -22.4. The molecule has 19 aliphatic carbocycles. The van der Waals surface area contributed by atoms with Crippen molar-refractivity contribution in [2.45, 2.75) is 79.5 Å². The lowest BCUT2D eigenvalue weighted by atomic mass is 9.43. The summed E-state index contributed by atoms with van der Waals surface area (Å²) in [6.45, 7) is 0. The van der Waals surface area contributed by atoms with E-state index < -0.39 is 87.9 Å². The van der Waals surface area contributed by atoms with Crippen molar-refractivity contribution in [2.24, 2.45) is 178 Å². The minimum Gasteiger partial charge on any atom is -0.199 e. The van der Waals surface area contributed by atoms with E-state index in [1.54, 1.807) is 5.57 Å². The van der Waals surface area contributed by atoms with E-state index in [4.69, 9.17) is 0 Å². The van der Waals surface area contributed by atoms with Gasteiger partial charge in [-0.05, 0) is 220 Å². The van der Waals surface area contributed by atoms with Crippen molar-refractivity contribution in [3.63, 3.8) is 0 Å². The SMILES string of the molecule is FC1(F)Cc2c(csc2C2(c3scc4c3C(F)(F)C(F)(F)C(F)(F)C4)C3C4C5C=CC6C7C=CC8C9CCC%10C%11CCC%12C%13C%11C%11C%10C9C9C%10C%14=C(C7C89)C6C5C5C%14C(C%10%11)C%13C(C54)C%12C32)C(F)(F)C1(F)F. The summed E-state index contributed by atoms with van der Waals surface area (Å²) < 4.78 is 193. The Balaban J connectivity index is 0.871. The van der Waals surface area contributed by atoms with E-state index in [0.717, 1.165) is 35.4 Å². The Labute approximate surface area is 408 Å². The van der Waals surface area contributed by atoms with Crippen molar-refractivity contribution < 1.29 is 52.7 Å². The highest BCUT2D eigenvalue weighted by Gasteiger charge is 2.92. The third kappa shape index (κ3) is 3.35. The summed E-state index contributed by atoms with van der Waals surface area (Å²) in [5, 5.41) is 1.93. The Morgan fingerprint density at radius 3 is 1.59 bits per heavy atom. The number of allylic oxidation sites excluding steroid dienone is 6. The van der Waals surface area contributed by atoms with Crippen molar-refractivity contribution in [1.82, 2.24) is 0 Å². The molecule has 14 heteroatoms. The van der Waals surface area contributed by atoms with E-state index in [9.17, 15) is 0 Å². The summed E-state index contributed by atoms with van der Waals surface area (Å²) in [4.78, 5) is -0.377. The third-order valence-corrected chi connectivity index (χ3v) is 30.5. The molecule has 13 fully saturated rings. The van der Waals surface area contributed by atoms with Gasteiger partial charge in [0.05, 0.1) is 0 Å². The molecule has 0 radical (unpaired) electrons. The lowest BCUT2D eigenvalue weighted by Crippen LogP contribution is -2.58. The normalized spacial score (nSPS) is 62.9. The summed E-state index contributed by atoms with van der Waals surface area (Å²) in [7, 11) is 0. The zero-order valence-electron chi connectivity index (χ0n) is 37.9. The average molecular weight is 1030 g/mol. The van der Waals surface area contributed by atoms with Crippen LogP contribution >= 0.6 is 22.7 Å². The average Bonchev–Trinajstić information content (AvgIpc) is 4.20. The van der Waals surface area contributed by atoms with Crippen LogP contribution in [0.5, 0.6) is 0 Å². The highest BCUT2D eigenvalue weighted by atomic mass is 32.1. The van der Waals surface area contributed by atoms with Crippen molar-refractivity contribution >= 4 is 22.7 Å². The molecule has 2 aromatic rings. The number of halogens is 12. The molecule has 2 aromatic heterocycles. The minimum absolute atomic E-state index is 0.0592. The van der Waals surface area contributed by atoms with Gasteiger partial charge in [0.1, 0.15) is 0 Å². The number of rotatable bonds is 2. The van der Waals surface area contributed by atoms with Crippen LogP contribution in [-0.2, 0) is 30.1 Å². The second kappa shape index (κ2) is 10.7. The van der Waals surface area contributed by atoms with Gasteiger partial charge in [-0.1, -0.05) is 35.5 Å². The van der Waals surface area contributed by atoms with E-state index in [-0.39, 0.29) is 51.2 Å². The standard InChI is InChI=1S/C57H48F12S2/c58-51(59)9-13-11-70-50(46(13)55(64,65)57(51,68)69)53(49-22-10-52(60,61)56(66,67)54(62,63)23(22)12-71-49)47-32-20-7-5-18-16-3-1-14-15-2-4-17-19-6-8-21-31-29(19)36-27(17)25(15)34-24(14)26(16)35-28(18)30(20)37-39(32)40(33(21)48(47)53)38(31)45-43(36)41(34)42(35)44(37)45/h1,3,5,7,11-12,14-21,24-34,36-41,43-45,47-48H,2,4,6,8-10H2. The first-order valence-corrected chi connectivity index (χ1v) is 29.2. The smallest absolute Gasteiger partial charge is 0.199 e. The van der Waals surface area contributed by atoms with E-state index in [0.29, 0.717) is 135 Å². The zero-order valence-corrected chi connectivity index (χ0v) is 39.5. The molecule has 0 bridgehead atoms. The number of fused-ring (bicyclic) bond motifs is 10. The third-order valence-electron chi connectivity index (χ3n) is 28.1. The molecule has 0 nitrogen and oxygen atoms in total. The van der Waals surface area contributed by atoms with Crippen LogP contribution in [0.4, 0.5) is 52.7 Å². The molecule has 19 aliphatic rings.